The van der Waals surface area contributed by atoms with Crippen molar-refractivity contribution >= 4 is 39.3 Å². The van der Waals surface area contributed by atoms with Gasteiger partial charge in [0, 0.05) is 14.5 Å². The summed E-state index contributed by atoms with van der Waals surface area (Å²) in [7, 11) is 0. The highest BCUT2D eigenvalue weighted by Crippen LogP contribution is 2.25. The molecule has 1 atom stereocenters. The van der Waals surface area contributed by atoms with Crippen LogP contribution in [0.3, 0.4) is 0 Å². The Labute approximate surface area is 145 Å². The van der Waals surface area contributed by atoms with Gasteiger partial charge in [0.2, 0.25) is 0 Å². The predicted molar refractivity (Wildman–Crippen MR) is 99.1 cm³/mol. The summed E-state index contributed by atoms with van der Waals surface area (Å²) < 4.78 is 1.05. The summed E-state index contributed by atoms with van der Waals surface area (Å²) in [5.74, 6) is -0.00598. The molecule has 0 heterocycles. The third-order valence-corrected chi connectivity index (χ3v) is 4.71. The van der Waals surface area contributed by atoms with Gasteiger partial charge in [-0.05, 0) is 59.9 Å². The Morgan fingerprint density at radius 1 is 1.18 bits per heavy atom. The average molecular weight is 411 g/mol. The average Bonchev–Trinajstić information content (AvgIpc) is 2.42. The number of halogens is 1. The molecule has 0 aliphatic heterocycles. The van der Waals surface area contributed by atoms with Gasteiger partial charge in [0.05, 0.1) is 11.6 Å². The summed E-state index contributed by atoms with van der Waals surface area (Å²) in [6.07, 6.45) is 0. The lowest BCUT2D eigenvalue weighted by molar-refractivity contribution is 0.0195. The van der Waals surface area contributed by atoms with Crippen LogP contribution in [-0.4, -0.2) is 22.7 Å². The predicted octanol–water partition coefficient (Wildman–Crippen LogP) is 3.97. The van der Waals surface area contributed by atoms with Gasteiger partial charge in [0.1, 0.15) is 0 Å². The minimum Gasteiger partial charge on any atom is -0.388 e. The third kappa shape index (κ3) is 3.60. The first kappa shape index (κ1) is 17.2. The van der Waals surface area contributed by atoms with Crippen molar-refractivity contribution in [3.8, 4) is 0 Å². The molecular formula is C18H22INO2. The number of carbonyl (C=O) groups excluding carboxylic acids is 1. The van der Waals surface area contributed by atoms with Gasteiger partial charge in [0.25, 0.3) is 5.91 Å². The highest BCUT2D eigenvalue weighted by molar-refractivity contribution is 14.1. The quantitative estimate of drug-likeness (QED) is 0.749. The van der Waals surface area contributed by atoms with E-state index in [2.05, 4.69) is 27.9 Å². The molecule has 3 nitrogen and oxygen atoms in total. The van der Waals surface area contributed by atoms with E-state index < -0.39 is 5.60 Å². The fourth-order valence-electron chi connectivity index (χ4n) is 2.86. The van der Waals surface area contributed by atoms with Crippen LogP contribution in [0.2, 0.25) is 0 Å². The van der Waals surface area contributed by atoms with E-state index in [1.165, 1.54) is 0 Å². The van der Waals surface area contributed by atoms with E-state index in [4.69, 9.17) is 0 Å². The summed E-state index contributed by atoms with van der Waals surface area (Å²) in [6.45, 7) is 7.45. The third-order valence-electron chi connectivity index (χ3n) is 3.81. The van der Waals surface area contributed by atoms with E-state index in [0.29, 0.717) is 5.56 Å². The van der Waals surface area contributed by atoms with Crippen molar-refractivity contribution in [1.82, 2.24) is 5.32 Å². The first-order valence-corrected chi connectivity index (χ1v) is 8.50. The van der Waals surface area contributed by atoms with Gasteiger partial charge in [-0.2, -0.15) is 0 Å². The molecular weight excluding hydrogens is 389 g/mol. The molecule has 0 aliphatic rings. The first-order valence-electron chi connectivity index (χ1n) is 7.42. The number of aliphatic hydroxyl groups is 1. The molecule has 22 heavy (non-hydrogen) atoms. The van der Waals surface area contributed by atoms with Crippen molar-refractivity contribution in [3.63, 3.8) is 0 Å². The van der Waals surface area contributed by atoms with Crippen molar-refractivity contribution in [2.75, 3.05) is 0 Å². The number of amides is 1. The molecule has 2 aromatic rings. The van der Waals surface area contributed by atoms with E-state index in [9.17, 15) is 9.90 Å². The zero-order chi connectivity index (χ0) is 16.5. The molecule has 118 valence electrons. The molecule has 4 heteroatoms. The first-order chi connectivity index (χ1) is 10.2. The van der Waals surface area contributed by atoms with Crippen molar-refractivity contribution in [2.24, 2.45) is 5.92 Å². The van der Waals surface area contributed by atoms with Crippen molar-refractivity contribution in [3.05, 3.63) is 45.5 Å². The van der Waals surface area contributed by atoms with Gasteiger partial charge in [-0.1, -0.05) is 38.1 Å². The molecule has 0 saturated carbocycles. The maximum Gasteiger partial charge on any atom is 0.252 e. The molecule has 0 bridgehead atoms. The Hall–Kier alpha value is -1.14. The zero-order valence-electron chi connectivity index (χ0n) is 13.4. The van der Waals surface area contributed by atoms with Crippen molar-refractivity contribution < 1.29 is 9.90 Å². The molecule has 0 spiro atoms. The molecule has 0 aromatic heterocycles. The van der Waals surface area contributed by atoms with Gasteiger partial charge in [-0.3, -0.25) is 4.79 Å². The SMILES string of the molecule is CC(C)[C@H](NC(=O)c1cccc2cccc(I)c12)C(C)(C)O. The molecule has 2 aromatic carbocycles. The van der Waals surface area contributed by atoms with Gasteiger partial charge in [-0.15, -0.1) is 0 Å². The van der Waals surface area contributed by atoms with Crippen LogP contribution >= 0.6 is 22.6 Å². The lowest BCUT2D eigenvalue weighted by Crippen LogP contribution is -2.52. The number of nitrogens with one attached hydrogen (secondary N) is 1. The molecule has 0 fully saturated rings. The van der Waals surface area contributed by atoms with Crippen LogP contribution in [0.25, 0.3) is 10.8 Å². The van der Waals surface area contributed by atoms with Crippen LogP contribution in [0.1, 0.15) is 38.1 Å². The number of hydrogen-bond donors (Lipinski definition) is 2. The maximum atomic E-state index is 12.7. The van der Waals surface area contributed by atoms with E-state index >= 15 is 0 Å². The van der Waals surface area contributed by atoms with E-state index in [1.54, 1.807) is 13.8 Å². The zero-order valence-corrected chi connectivity index (χ0v) is 15.5. The lowest BCUT2D eigenvalue weighted by atomic mass is 9.89. The summed E-state index contributed by atoms with van der Waals surface area (Å²) in [4.78, 5) is 12.7. The van der Waals surface area contributed by atoms with Crippen LogP contribution in [0, 0.1) is 9.49 Å². The van der Waals surface area contributed by atoms with Gasteiger partial charge in [0.15, 0.2) is 0 Å². The second-order valence-electron chi connectivity index (χ2n) is 6.49. The summed E-state index contributed by atoms with van der Waals surface area (Å²) in [5.41, 5.74) is -0.320. The number of carbonyl (C=O) groups is 1. The molecule has 0 radical (unpaired) electrons. The number of hydrogen-bond acceptors (Lipinski definition) is 2. The molecule has 0 aliphatic carbocycles. The Morgan fingerprint density at radius 3 is 2.32 bits per heavy atom. The number of benzene rings is 2. The van der Waals surface area contributed by atoms with Crippen LogP contribution in [0.4, 0.5) is 0 Å². The second kappa shape index (κ2) is 6.54. The van der Waals surface area contributed by atoms with Crippen LogP contribution in [0.15, 0.2) is 36.4 Å². The van der Waals surface area contributed by atoms with Crippen molar-refractivity contribution in [1.29, 1.82) is 0 Å². The topological polar surface area (TPSA) is 49.3 Å². The van der Waals surface area contributed by atoms with Crippen LogP contribution in [-0.2, 0) is 0 Å². The summed E-state index contributed by atoms with van der Waals surface area (Å²) >= 11 is 2.25. The maximum absolute atomic E-state index is 12.7. The van der Waals surface area contributed by atoms with Gasteiger partial charge >= 0.3 is 0 Å². The van der Waals surface area contributed by atoms with E-state index in [1.807, 2.05) is 50.2 Å². The number of fused-ring (bicyclic) bond motifs is 1. The number of rotatable bonds is 4. The fraction of sp³-hybridized carbons (Fsp3) is 0.389. The van der Waals surface area contributed by atoms with Crippen molar-refractivity contribution in [2.45, 2.75) is 39.3 Å². The van der Waals surface area contributed by atoms with Crippen LogP contribution in [0.5, 0.6) is 0 Å². The van der Waals surface area contributed by atoms with Gasteiger partial charge < -0.3 is 10.4 Å². The van der Waals surface area contributed by atoms with Crippen LogP contribution < -0.4 is 5.32 Å². The fourth-order valence-corrected chi connectivity index (χ4v) is 3.67. The Balaban J connectivity index is 2.42. The summed E-state index contributed by atoms with van der Waals surface area (Å²) in [6, 6.07) is 11.4. The Bertz CT molecular complexity index is 684. The molecule has 0 unspecified atom stereocenters. The standard InChI is InChI=1S/C18H22INO2/c1-11(2)16(18(3,4)22)20-17(21)13-9-5-7-12-8-6-10-14(19)15(12)13/h5-11,16,22H,1-4H3,(H,20,21)/t16-/m0/s1. The highest BCUT2D eigenvalue weighted by atomic mass is 127. The lowest BCUT2D eigenvalue weighted by Gasteiger charge is -2.33. The minimum atomic E-state index is -0.971. The normalized spacial score (nSPS) is 13.4. The smallest absolute Gasteiger partial charge is 0.252 e. The monoisotopic (exact) mass is 411 g/mol. The summed E-state index contributed by atoms with van der Waals surface area (Å²) in [5, 5.41) is 15.3. The van der Waals surface area contributed by atoms with E-state index in [0.717, 1.165) is 14.3 Å². The Kier molecular flexibility index (Phi) is 5.12. The van der Waals surface area contributed by atoms with E-state index in [-0.39, 0.29) is 17.9 Å². The van der Waals surface area contributed by atoms with Gasteiger partial charge in [-0.25, -0.2) is 0 Å². The highest BCUT2D eigenvalue weighted by Gasteiger charge is 2.31. The molecule has 2 rings (SSSR count). The molecule has 2 N–H and O–H groups in total. The minimum absolute atomic E-state index is 0.137. The molecule has 1 amide bonds. The largest absolute Gasteiger partial charge is 0.388 e. The Morgan fingerprint density at radius 2 is 1.77 bits per heavy atom. The molecule has 0 saturated heterocycles. The second-order valence-corrected chi connectivity index (χ2v) is 7.65.